The Morgan fingerprint density at radius 1 is 1.28 bits per heavy atom. The summed E-state index contributed by atoms with van der Waals surface area (Å²) in [6, 6.07) is 11.0. The maximum Gasteiger partial charge on any atom is 0.223 e. The van der Waals surface area contributed by atoms with Crippen molar-refractivity contribution < 1.29 is 9.26 Å². The molecule has 0 bridgehead atoms. The predicted octanol–water partition coefficient (Wildman–Crippen LogP) is 2.05. The van der Waals surface area contributed by atoms with Gasteiger partial charge in [-0.3, -0.25) is 4.90 Å². The third-order valence-corrected chi connectivity index (χ3v) is 5.22. The van der Waals surface area contributed by atoms with Crippen molar-refractivity contribution in [1.29, 1.82) is 0 Å². The first-order chi connectivity index (χ1) is 13.7. The van der Waals surface area contributed by atoms with Crippen molar-refractivity contribution in [2.24, 2.45) is 4.99 Å². The molecule has 0 saturated carbocycles. The summed E-state index contributed by atoms with van der Waals surface area (Å²) in [5, 5.41) is 7.32. The number of likely N-dealkylation sites (tertiary alicyclic amines) is 1. The Hall–Kier alpha value is -1.72. The fraction of sp³-hybridized carbons (Fsp3) is 0.550. The first kappa shape index (κ1) is 22.0. The van der Waals surface area contributed by atoms with Crippen molar-refractivity contribution in [2.45, 2.75) is 39.1 Å². The average molecular weight is 512 g/mol. The minimum Gasteiger partial charge on any atom is -0.373 e. The van der Waals surface area contributed by atoms with Crippen molar-refractivity contribution in [3.63, 3.8) is 0 Å². The number of nitrogens with zero attached hydrogens (tertiary/aromatic N) is 5. The van der Waals surface area contributed by atoms with Crippen LogP contribution in [0.2, 0.25) is 0 Å². The van der Waals surface area contributed by atoms with Crippen molar-refractivity contribution in [3.8, 4) is 0 Å². The third-order valence-electron chi connectivity index (χ3n) is 5.22. The van der Waals surface area contributed by atoms with E-state index in [1.807, 2.05) is 0 Å². The molecular weight excluding hydrogens is 483 g/mol. The Bertz CT molecular complexity index is 799. The van der Waals surface area contributed by atoms with Gasteiger partial charge < -0.3 is 19.5 Å². The van der Waals surface area contributed by atoms with Crippen LogP contribution in [-0.2, 0) is 17.8 Å². The van der Waals surface area contributed by atoms with Crippen molar-refractivity contribution in [3.05, 3.63) is 47.6 Å². The van der Waals surface area contributed by atoms with Crippen LogP contribution in [0.3, 0.4) is 0 Å². The summed E-state index contributed by atoms with van der Waals surface area (Å²) in [4.78, 5) is 13.8. The van der Waals surface area contributed by atoms with Crippen LogP contribution in [0.4, 0.5) is 0 Å². The fourth-order valence-electron chi connectivity index (χ4n) is 3.92. The maximum absolute atomic E-state index is 6.09. The zero-order valence-corrected chi connectivity index (χ0v) is 19.3. The molecule has 0 spiro atoms. The molecule has 2 saturated heterocycles. The van der Waals surface area contributed by atoms with Gasteiger partial charge in [0.1, 0.15) is 6.54 Å². The van der Waals surface area contributed by atoms with E-state index in [0.29, 0.717) is 24.3 Å². The molecule has 1 N–H and O–H groups in total. The van der Waals surface area contributed by atoms with E-state index < -0.39 is 0 Å². The van der Waals surface area contributed by atoms with Gasteiger partial charge in [-0.15, -0.1) is 24.0 Å². The molecule has 0 aliphatic carbocycles. The number of hydrogen-bond donors (Lipinski definition) is 1. The highest BCUT2D eigenvalue weighted by molar-refractivity contribution is 14.0. The van der Waals surface area contributed by atoms with E-state index in [9.17, 15) is 0 Å². The number of guanidine groups is 1. The van der Waals surface area contributed by atoms with Crippen LogP contribution >= 0.6 is 24.0 Å². The SMILES string of the molecule is CCNC(=NCc1noc(C)n1)N1CC2OCCN(Cc3ccccc3)C2C1.I. The topological polar surface area (TPSA) is 79.0 Å². The predicted molar refractivity (Wildman–Crippen MR) is 121 cm³/mol. The van der Waals surface area contributed by atoms with Gasteiger partial charge in [-0.25, -0.2) is 4.99 Å². The van der Waals surface area contributed by atoms with Crippen molar-refractivity contribution >= 4 is 29.9 Å². The summed E-state index contributed by atoms with van der Waals surface area (Å²) in [5.41, 5.74) is 1.34. The quantitative estimate of drug-likeness (QED) is 0.373. The van der Waals surface area contributed by atoms with Gasteiger partial charge in [-0.2, -0.15) is 4.98 Å². The van der Waals surface area contributed by atoms with Gasteiger partial charge >= 0.3 is 0 Å². The number of aromatic nitrogens is 2. The second-order valence-electron chi connectivity index (χ2n) is 7.24. The lowest BCUT2D eigenvalue weighted by atomic mass is 10.1. The largest absolute Gasteiger partial charge is 0.373 e. The first-order valence-corrected chi connectivity index (χ1v) is 9.95. The molecule has 2 aromatic rings. The van der Waals surface area contributed by atoms with Crippen LogP contribution in [0.25, 0.3) is 0 Å². The van der Waals surface area contributed by atoms with E-state index in [-0.39, 0.29) is 30.1 Å². The molecule has 1 aromatic heterocycles. The standard InChI is InChI=1S/C20H28N6O2.HI/c1-3-21-20(22-11-19-23-15(2)28-24-19)26-13-17-18(14-26)27-10-9-25(17)12-16-7-5-4-6-8-16;/h4-8,17-18H,3,9-14H2,1-2H3,(H,21,22);1H. The van der Waals surface area contributed by atoms with Crippen LogP contribution in [0, 0.1) is 6.92 Å². The van der Waals surface area contributed by atoms with E-state index in [1.165, 1.54) is 5.56 Å². The smallest absolute Gasteiger partial charge is 0.223 e. The Kier molecular flexibility index (Phi) is 7.84. The third kappa shape index (κ3) is 5.46. The summed E-state index contributed by atoms with van der Waals surface area (Å²) in [6.07, 6.45) is 0.203. The van der Waals surface area contributed by atoms with Gasteiger partial charge in [0, 0.05) is 39.6 Å². The Labute approximate surface area is 188 Å². The second-order valence-corrected chi connectivity index (χ2v) is 7.24. The highest BCUT2D eigenvalue weighted by Crippen LogP contribution is 2.24. The molecule has 0 radical (unpaired) electrons. The number of hydrogen-bond acceptors (Lipinski definition) is 6. The number of aliphatic imine (C=N–C) groups is 1. The molecule has 2 aliphatic rings. The summed E-state index contributed by atoms with van der Waals surface area (Å²) in [6.45, 7) is 9.50. The van der Waals surface area contributed by atoms with E-state index in [0.717, 1.165) is 45.3 Å². The van der Waals surface area contributed by atoms with Gasteiger partial charge in [0.15, 0.2) is 11.8 Å². The monoisotopic (exact) mass is 512 g/mol. The summed E-state index contributed by atoms with van der Waals surface area (Å²) in [7, 11) is 0. The minimum absolute atomic E-state index is 0. The molecule has 29 heavy (non-hydrogen) atoms. The molecule has 2 atom stereocenters. The molecule has 2 unspecified atom stereocenters. The van der Waals surface area contributed by atoms with Gasteiger partial charge in [0.05, 0.1) is 18.8 Å². The van der Waals surface area contributed by atoms with Gasteiger partial charge in [0.2, 0.25) is 5.89 Å². The summed E-state index contributed by atoms with van der Waals surface area (Å²) in [5.74, 6) is 2.04. The number of fused-ring (bicyclic) bond motifs is 1. The summed E-state index contributed by atoms with van der Waals surface area (Å²) >= 11 is 0. The highest BCUT2D eigenvalue weighted by atomic mass is 127. The number of rotatable bonds is 5. The number of nitrogens with one attached hydrogen (secondary N) is 1. The van der Waals surface area contributed by atoms with E-state index >= 15 is 0 Å². The molecule has 8 nitrogen and oxygen atoms in total. The normalized spacial score (nSPS) is 22.3. The molecule has 1 aromatic carbocycles. The second kappa shape index (κ2) is 10.4. The van der Waals surface area contributed by atoms with Gasteiger partial charge in [-0.1, -0.05) is 35.5 Å². The maximum atomic E-state index is 6.09. The van der Waals surface area contributed by atoms with Crippen LogP contribution in [0.15, 0.2) is 39.8 Å². The molecular formula is C20H29IN6O2. The molecule has 0 amide bonds. The molecule has 158 valence electrons. The van der Waals surface area contributed by atoms with Crippen molar-refractivity contribution in [1.82, 2.24) is 25.3 Å². The zero-order chi connectivity index (χ0) is 19.3. The molecule has 9 heteroatoms. The lowest BCUT2D eigenvalue weighted by Gasteiger charge is -2.36. The first-order valence-electron chi connectivity index (χ1n) is 9.95. The number of aryl methyl sites for hydroxylation is 1. The van der Waals surface area contributed by atoms with Gasteiger partial charge in [0.25, 0.3) is 0 Å². The number of halogens is 1. The molecule has 2 fully saturated rings. The highest BCUT2D eigenvalue weighted by Gasteiger charge is 2.41. The van der Waals surface area contributed by atoms with Crippen LogP contribution < -0.4 is 5.32 Å². The zero-order valence-electron chi connectivity index (χ0n) is 17.0. The Balaban J connectivity index is 0.00000240. The van der Waals surface area contributed by atoms with Crippen LogP contribution in [0.5, 0.6) is 0 Å². The molecule has 3 heterocycles. The van der Waals surface area contributed by atoms with E-state index in [1.54, 1.807) is 6.92 Å². The number of morpholine rings is 1. The Morgan fingerprint density at radius 3 is 2.83 bits per heavy atom. The minimum atomic E-state index is 0. The summed E-state index contributed by atoms with van der Waals surface area (Å²) < 4.78 is 11.1. The van der Waals surface area contributed by atoms with Gasteiger partial charge in [-0.05, 0) is 12.5 Å². The average Bonchev–Trinajstić information content (AvgIpc) is 3.32. The van der Waals surface area contributed by atoms with E-state index in [2.05, 4.69) is 62.5 Å². The van der Waals surface area contributed by atoms with Crippen molar-refractivity contribution in [2.75, 3.05) is 32.8 Å². The number of benzene rings is 1. The number of ether oxygens (including phenoxy) is 1. The van der Waals surface area contributed by atoms with E-state index in [4.69, 9.17) is 14.3 Å². The van der Waals surface area contributed by atoms with Crippen LogP contribution in [-0.4, -0.2) is 70.8 Å². The molecule has 2 aliphatic heterocycles. The van der Waals surface area contributed by atoms with Crippen LogP contribution in [0.1, 0.15) is 24.2 Å². The molecule has 4 rings (SSSR count). The Morgan fingerprint density at radius 2 is 2.10 bits per heavy atom. The lowest BCUT2D eigenvalue weighted by Crippen LogP contribution is -2.50. The fourth-order valence-corrected chi connectivity index (χ4v) is 3.92. The lowest BCUT2D eigenvalue weighted by molar-refractivity contribution is -0.0502.